The second-order valence-corrected chi connectivity index (χ2v) is 10.4. The van der Waals surface area contributed by atoms with Crippen LogP contribution in [0.15, 0.2) is 53.4 Å². The Bertz CT molecular complexity index is 1070. The second kappa shape index (κ2) is 8.07. The van der Waals surface area contributed by atoms with Gasteiger partial charge in [-0.1, -0.05) is 24.6 Å². The molecule has 1 heterocycles. The molecule has 0 aromatic heterocycles. The molecule has 3 aliphatic rings. The highest BCUT2D eigenvalue weighted by Crippen LogP contribution is 2.44. The molecule has 0 spiro atoms. The van der Waals surface area contributed by atoms with Gasteiger partial charge in [0, 0.05) is 12.1 Å². The molecule has 7 nitrogen and oxygen atoms in total. The van der Waals surface area contributed by atoms with Gasteiger partial charge in [0.1, 0.15) is 19.8 Å². The van der Waals surface area contributed by atoms with Gasteiger partial charge in [0.15, 0.2) is 11.5 Å². The summed E-state index contributed by atoms with van der Waals surface area (Å²) in [4.78, 5) is 13.1. The Balaban J connectivity index is 1.43. The van der Waals surface area contributed by atoms with E-state index in [1.165, 1.54) is 25.0 Å². The Labute approximate surface area is 182 Å². The van der Waals surface area contributed by atoms with Crippen LogP contribution in [0.4, 0.5) is 5.69 Å². The van der Waals surface area contributed by atoms with Gasteiger partial charge in [-0.05, 0) is 55.4 Å². The van der Waals surface area contributed by atoms with Crippen molar-refractivity contribution in [1.82, 2.24) is 5.32 Å². The van der Waals surface area contributed by atoms with Crippen LogP contribution >= 0.6 is 0 Å². The van der Waals surface area contributed by atoms with Gasteiger partial charge >= 0.3 is 0 Å². The van der Waals surface area contributed by atoms with Crippen LogP contribution in [-0.2, 0) is 14.8 Å². The van der Waals surface area contributed by atoms with Crippen molar-refractivity contribution < 1.29 is 22.7 Å². The van der Waals surface area contributed by atoms with E-state index in [-0.39, 0.29) is 23.4 Å². The molecular weight excluding hydrogens is 416 g/mol. The fraction of sp³-hybridized carbons (Fsp3) is 0.435. The van der Waals surface area contributed by atoms with Crippen LogP contribution in [0.1, 0.15) is 25.7 Å². The minimum atomic E-state index is -3.94. The number of carbonyl (C=O) groups is 1. The first-order chi connectivity index (χ1) is 15.0. The number of sulfonamides is 1. The topological polar surface area (TPSA) is 84.9 Å². The molecule has 2 aliphatic carbocycles. The molecule has 31 heavy (non-hydrogen) atoms. The predicted octanol–water partition coefficient (Wildman–Crippen LogP) is 2.96. The average Bonchev–Trinajstić information content (AvgIpc) is 3.41. The fourth-order valence-corrected chi connectivity index (χ4v) is 6.46. The lowest BCUT2D eigenvalue weighted by atomic mass is 9.95. The van der Waals surface area contributed by atoms with Gasteiger partial charge in [-0.25, -0.2) is 8.42 Å². The molecule has 0 radical (unpaired) electrons. The molecule has 0 unspecified atom stereocenters. The van der Waals surface area contributed by atoms with E-state index < -0.39 is 10.0 Å². The number of hydrogen-bond donors (Lipinski definition) is 1. The maximum Gasteiger partial charge on any atom is 0.264 e. The van der Waals surface area contributed by atoms with Crippen LogP contribution in [0.25, 0.3) is 0 Å². The second-order valence-electron chi connectivity index (χ2n) is 8.50. The molecule has 2 fully saturated rings. The Hall–Kier alpha value is -2.74. The van der Waals surface area contributed by atoms with E-state index in [1.807, 2.05) is 0 Å². The largest absolute Gasteiger partial charge is 0.486 e. The van der Waals surface area contributed by atoms with Gasteiger partial charge in [0.05, 0.1) is 10.6 Å². The number of nitrogens with zero attached hydrogens (tertiary/aromatic N) is 1. The third kappa shape index (κ3) is 3.96. The van der Waals surface area contributed by atoms with Crippen LogP contribution in [0.3, 0.4) is 0 Å². The molecule has 2 saturated carbocycles. The molecule has 5 rings (SSSR count). The molecule has 164 valence electrons. The van der Waals surface area contributed by atoms with E-state index in [0.717, 1.165) is 17.1 Å². The van der Waals surface area contributed by atoms with Crippen LogP contribution in [-0.4, -0.2) is 40.1 Å². The van der Waals surface area contributed by atoms with E-state index in [1.54, 1.807) is 36.4 Å². The summed E-state index contributed by atoms with van der Waals surface area (Å²) in [5.74, 6) is 1.97. The summed E-state index contributed by atoms with van der Waals surface area (Å²) in [5, 5.41) is 3.10. The van der Waals surface area contributed by atoms with Crippen molar-refractivity contribution in [3.05, 3.63) is 48.5 Å². The number of nitrogens with one attached hydrogen (secondary N) is 1. The molecular formula is C23H26N2O5S. The van der Waals surface area contributed by atoms with E-state index in [0.29, 0.717) is 42.2 Å². The van der Waals surface area contributed by atoms with Crippen molar-refractivity contribution in [2.45, 2.75) is 36.6 Å². The molecule has 2 bridgehead atoms. The van der Waals surface area contributed by atoms with Crippen LogP contribution in [0.5, 0.6) is 11.5 Å². The highest BCUT2D eigenvalue weighted by molar-refractivity contribution is 7.92. The fourth-order valence-electron chi connectivity index (χ4n) is 5.03. The third-order valence-corrected chi connectivity index (χ3v) is 8.30. The number of benzene rings is 2. The lowest BCUT2D eigenvalue weighted by Crippen LogP contribution is -2.46. The summed E-state index contributed by atoms with van der Waals surface area (Å²) >= 11 is 0. The Kier molecular flexibility index (Phi) is 5.25. The van der Waals surface area contributed by atoms with Gasteiger partial charge in [0.25, 0.3) is 10.0 Å². The van der Waals surface area contributed by atoms with Crippen molar-refractivity contribution in [3.63, 3.8) is 0 Å². The molecule has 2 aromatic carbocycles. The number of ether oxygens (including phenoxy) is 2. The Morgan fingerprint density at radius 1 is 1.00 bits per heavy atom. The van der Waals surface area contributed by atoms with E-state index in [4.69, 9.17) is 9.47 Å². The average molecular weight is 443 g/mol. The van der Waals surface area contributed by atoms with E-state index in [9.17, 15) is 13.2 Å². The van der Waals surface area contributed by atoms with Crippen molar-refractivity contribution in [3.8, 4) is 11.5 Å². The van der Waals surface area contributed by atoms with Crippen molar-refractivity contribution in [2.75, 3.05) is 24.1 Å². The number of anilines is 1. The highest BCUT2D eigenvalue weighted by Gasteiger charge is 2.40. The van der Waals surface area contributed by atoms with E-state index in [2.05, 4.69) is 5.32 Å². The van der Waals surface area contributed by atoms with Crippen LogP contribution < -0.4 is 19.1 Å². The minimum Gasteiger partial charge on any atom is -0.486 e. The van der Waals surface area contributed by atoms with Gasteiger partial charge in [-0.15, -0.1) is 0 Å². The summed E-state index contributed by atoms with van der Waals surface area (Å²) in [6, 6.07) is 13.3. The number of hydrogen-bond acceptors (Lipinski definition) is 5. The number of rotatable bonds is 6. The molecule has 8 heteroatoms. The highest BCUT2D eigenvalue weighted by atomic mass is 32.2. The lowest BCUT2D eigenvalue weighted by Gasteiger charge is -2.28. The quantitative estimate of drug-likeness (QED) is 0.744. The maximum atomic E-state index is 13.5. The summed E-state index contributed by atoms with van der Waals surface area (Å²) in [7, 11) is -3.94. The van der Waals surface area contributed by atoms with Crippen LogP contribution in [0.2, 0.25) is 0 Å². The summed E-state index contributed by atoms with van der Waals surface area (Å²) in [6.45, 7) is 0.557. The van der Waals surface area contributed by atoms with Gasteiger partial charge in [-0.3, -0.25) is 9.10 Å². The number of carbonyl (C=O) groups excluding carboxylic acids is 1. The van der Waals surface area contributed by atoms with Crippen molar-refractivity contribution >= 4 is 21.6 Å². The minimum absolute atomic E-state index is 0.137. The number of fused-ring (bicyclic) bond motifs is 3. The first kappa shape index (κ1) is 20.2. The summed E-state index contributed by atoms with van der Waals surface area (Å²) in [5.41, 5.74) is 0.371. The monoisotopic (exact) mass is 442 g/mol. The zero-order valence-corrected chi connectivity index (χ0v) is 18.0. The third-order valence-electron chi connectivity index (χ3n) is 6.52. The molecule has 1 N–H and O–H groups in total. The number of amides is 1. The van der Waals surface area contributed by atoms with E-state index >= 15 is 0 Å². The SMILES string of the molecule is O=C(CN(c1ccc2c(c1)OCCO2)S(=O)(=O)c1ccccc1)N[C@H]1C[C@H]2CC[C@H]1C2. The standard InChI is InChI=1S/C23H26N2O5S/c26-23(24-20-13-16-6-7-17(20)12-16)15-25(31(27,28)19-4-2-1-3-5-19)18-8-9-21-22(14-18)30-11-10-29-21/h1-5,8-9,14,16-17,20H,6-7,10-13,15H2,(H,24,26)/t16-,17-,20-/m0/s1. The van der Waals surface area contributed by atoms with Gasteiger partial charge < -0.3 is 14.8 Å². The van der Waals surface area contributed by atoms with Crippen molar-refractivity contribution in [1.29, 1.82) is 0 Å². The first-order valence-corrected chi connectivity index (χ1v) is 12.2. The Morgan fingerprint density at radius 3 is 2.48 bits per heavy atom. The lowest BCUT2D eigenvalue weighted by molar-refractivity contribution is -0.120. The van der Waals surface area contributed by atoms with Gasteiger partial charge in [-0.2, -0.15) is 0 Å². The summed E-state index contributed by atoms with van der Waals surface area (Å²) < 4.78 is 39.3. The molecule has 2 aromatic rings. The Morgan fingerprint density at radius 2 is 1.77 bits per heavy atom. The zero-order valence-electron chi connectivity index (χ0n) is 17.2. The van der Waals surface area contributed by atoms with Gasteiger partial charge in [0.2, 0.25) is 5.91 Å². The summed E-state index contributed by atoms with van der Waals surface area (Å²) in [6.07, 6.45) is 4.54. The molecule has 3 atom stereocenters. The zero-order chi connectivity index (χ0) is 21.4. The van der Waals surface area contributed by atoms with Crippen molar-refractivity contribution in [2.24, 2.45) is 11.8 Å². The molecule has 0 saturated heterocycles. The first-order valence-electron chi connectivity index (χ1n) is 10.8. The normalized spacial score (nSPS) is 24.1. The molecule has 1 amide bonds. The molecule has 1 aliphatic heterocycles. The predicted molar refractivity (Wildman–Crippen MR) is 116 cm³/mol. The smallest absolute Gasteiger partial charge is 0.264 e. The maximum absolute atomic E-state index is 13.5. The van der Waals surface area contributed by atoms with Crippen LogP contribution in [0, 0.1) is 11.8 Å².